The van der Waals surface area contributed by atoms with Crippen LogP contribution in [0.2, 0.25) is 0 Å². The summed E-state index contributed by atoms with van der Waals surface area (Å²) in [6.45, 7) is 7.74. The van der Waals surface area contributed by atoms with Crippen LogP contribution in [0.5, 0.6) is 0 Å². The van der Waals surface area contributed by atoms with E-state index in [-0.39, 0.29) is 10.9 Å². The molecule has 0 radical (unpaired) electrons. The molecule has 160 valence electrons. The Labute approximate surface area is 176 Å². The monoisotopic (exact) mass is 430 g/mol. The average molecular weight is 431 g/mol. The first-order valence-electron chi connectivity index (χ1n) is 9.90. The summed E-state index contributed by atoms with van der Waals surface area (Å²) in [6, 6.07) is 5.65. The van der Waals surface area contributed by atoms with Gasteiger partial charge in [0.05, 0.1) is 5.69 Å². The second kappa shape index (κ2) is 7.80. The fourth-order valence-electron chi connectivity index (χ4n) is 3.55. The van der Waals surface area contributed by atoms with Crippen molar-refractivity contribution >= 4 is 15.8 Å². The van der Waals surface area contributed by atoms with Crippen molar-refractivity contribution in [2.24, 2.45) is 7.05 Å². The van der Waals surface area contributed by atoms with Crippen molar-refractivity contribution < 1.29 is 8.42 Å². The number of piperazine rings is 1. The molecule has 0 saturated carbocycles. The van der Waals surface area contributed by atoms with Gasteiger partial charge in [-0.3, -0.25) is 0 Å². The molecule has 3 aromatic heterocycles. The van der Waals surface area contributed by atoms with Gasteiger partial charge in [0.2, 0.25) is 0 Å². The molecule has 10 nitrogen and oxygen atoms in total. The summed E-state index contributed by atoms with van der Waals surface area (Å²) < 4.78 is 31.0. The number of anilines is 1. The van der Waals surface area contributed by atoms with Gasteiger partial charge in [0.15, 0.2) is 16.7 Å². The summed E-state index contributed by atoms with van der Waals surface area (Å²) in [4.78, 5) is 6.40. The SMILES string of the molecule is Cc1ccn(-c2ccc(N3CCN(S(=O)(=O)c4cn(C)c(C(C)C)n4)CC3)nn2)n1. The second-order valence-corrected chi connectivity index (χ2v) is 9.63. The minimum Gasteiger partial charge on any atom is -0.352 e. The molecule has 0 aromatic carbocycles. The Morgan fingerprint density at radius 1 is 1.00 bits per heavy atom. The highest BCUT2D eigenvalue weighted by molar-refractivity contribution is 7.89. The van der Waals surface area contributed by atoms with Crippen molar-refractivity contribution in [3.8, 4) is 5.82 Å². The fourth-order valence-corrected chi connectivity index (χ4v) is 4.96. The number of rotatable bonds is 5. The van der Waals surface area contributed by atoms with Crippen LogP contribution in [0.4, 0.5) is 5.82 Å². The van der Waals surface area contributed by atoms with E-state index < -0.39 is 10.0 Å². The van der Waals surface area contributed by atoms with Crippen LogP contribution in [0, 0.1) is 6.92 Å². The molecule has 3 aromatic rings. The third-order valence-corrected chi connectivity index (χ3v) is 6.94. The molecule has 0 unspecified atom stereocenters. The van der Waals surface area contributed by atoms with Crippen LogP contribution in [0.25, 0.3) is 5.82 Å². The summed E-state index contributed by atoms with van der Waals surface area (Å²) in [5.74, 6) is 2.28. The Morgan fingerprint density at radius 2 is 1.67 bits per heavy atom. The molecule has 1 saturated heterocycles. The predicted molar refractivity (Wildman–Crippen MR) is 112 cm³/mol. The first kappa shape index (κ1) is 20.5. The molecule has 1 fully saturated rings. The molecule has 4 heterocycles. The van der Waals surface area contributed by atoms with Gasteiger partial charge >= 0.3 is 0 Å². The molecule has 1 aliphatic heterocycles. The van der Waals surface area contributed by atoms with Crippen LogP contribution in [-0.4, -0.2) is 68.4 Å². The van der Waals surface area contributed by atoms with Crippen LogP contribution in [0.1, 0.15) is 31.3 Å². The zero-order valence-electron chi connectivity index (χ0n) is 17.6. The molecule has 0 bridgehead atoms. The molecular weight excluding hydrogens is 404 g/mol. The highest BCUT2D eigenvalue weighted by atomic mass is 32.2. The number of nitrogens with zero attached hydrogens (tertiary/aromatic N) is 8. The maximum atomic E-state index is 13.0. The van der Waals surface area contributed by atoms with E-state index in [1.54, 1.807) is 15.4 Å². The largest absolute Gasteiger partial charge is 0.352 e. The van der Waals surface area contributed by atoms with Crippen LogP contribution in [0.15, 0.2) is 35.6 Å². The molecule has 0 aliphatic carbocycles. The van der Waals surface area contributed by atoms with E-state index in [0.717, 1.165) is 17.3 Å². The molecular formula is C19H26N8O2S. The molecule has 11 heteroatoms. The second-order valence-electron chi connectivity index (χ2n) is 7.75. The summed E-state index contributed by atoms with van der Waals surface area (Å²) in [5.41, 5.74) is 0.909. The maximum absolute atomic E-state index is 13.0. The van der Waals surface area contributed by atoms with Crippen molar-refractivity contribution in [1.29, 1.82) is 0 Å². The van der Waals surface area contributed by atoms with Gasteiger partial charge in [-0.2, -0.15) is 9.40 Å². The highest BCUT2D eigenvalue weighted by Gasteiger charge is 2.31. The zero-order valence-corrected chi connectivity index (χ0v) is 18.4. The number of aryl methyl sites for hydroxylation is 2. The molecule has 4 rings (SSSR count). The number of imidazole rings is 1. The summed E-state index contributed by atoms with van der Waals surface area (Å²) in [7, 11) is -1.79. The minimum atomic E-state index is -3.62. The smallest absolute Gasteiger partial charge is 0.262 e. The summed E-state index contributed by atoms with van der Waals surface area (Å²) in [5, 5.41) is 13.0. The molecule has 0 spiro atoms. The topological polar surface area (TPSA) is 102 Å². The number of hydrogen-bond acceptors (Lipinski definition) is 7. The third kappa shape index (κ3) is 3.82. The van der Waals surface area contributed by atoms with Gasteiger partial charge in [0, 0.05) is 51.5 Å². The normalized spacial score (nSPS) is 15.8. The van der Waals surface area contributed by atoms with Gasteiger partial charge in [-0.15, -0.1) is 10.2 Å². The maximum Gasteiger partial charge on any atom is 0.262 e. The van der Waals surface area contributed by atoms with E-state index in [1.807, 2.05) is 57.1 Å². The third-order valence-electron chi connectivity index (χ3n) is 5.17. The van der Waals surface area contributed by atoms with Gasteiger partial charge in [-0.1, -0.05) is 13.8 Å². The predicted octanol–water partition coefficient (Wildman–Crippen LogP) is 1.34. The Kier molecular flexibility index (Phi) is 5.33. The number of sulfonamides is 1. The lowest BCUT2D eigenvalue weighted by molar-refractivity contribution is 0.382. The van der Waals surface area contributed by atoms with Crippen molar-refractivity contribution in [3.63, 3.8) is 0 Å². The number of hydrogen-bond donors (Lipinski definition) is 0. The summed E-state index contributed by atoms with van der Waals surface area (Å²) >= 11 is 0. The number of aromatic nitrogens is 6. The lowest BCUT2D eigenvalue weighted by atomic mass is 10.2. The first-order chi connectivity index (χ1) is 14.3. The summed E-state index contributed by atoms with van der Waals surface area (Å²) in [6.07, 6.45) is 3.43. The van der Waals surface area contributed by atoms with Crippen molar-refractivity contribution in [1.82, 2.24) is 33.8 Å². The van der Waals surface area contributed by atoms with E-state index in [9.17, 15) is 8.42 Å². The standard InChI is InChI=1S/C19H26N8O2S/c1-14(2)19-20-18(13-24(19)4)30(28,29)26-11-9-25(10-12-26)16-5-6-17(22-21-16)27-8-7-15(3)23-27/h5-8,13-14H,9-12H2,1-4H3. The van der Waals surface area contributed by atoms with Crippen LogP contribution < -0.4 is 4.90 Å². The quantitative estimate of drug-likeness (QED) is 0.602. The first-order valence-corrected chi connectivity index (χ1v) is 11.3. The average Bonchev–Trinajstić information content (AvgIpc) is 3.34. The van der Waals surface area contributed by atoms with E-state index in [4.69, 9.17) is 0 Å². The lowest BCUT2D eigenvalue weighted by Crippen LogP contribution is -2.49. The van der Waals surface area contributed by atoms with Crippen LogP contribution in [0.3, 0.4) is 0 Å². The Morgan fingerprint density at radius 3 is 2.20 bits per heavy atom. The van der Waals surface area contributed by atoms with Gasteiger partial charge in [0.1, 0.15) is 5.82 Å². The Bertz CT molecular complexity index is 1130. The highest BCUT2D eigenvalue weighted by Crippen LogP contribution is 2.22. The molecule has 0 N–H and O–H groups in total. The lowest BCUT2D eigenvalue weighted by Gasteiger charge is -2.33. The molecule has 0 amide bonds. The van der Waals surface area contributed by atoms with Crippen molar-refractivity contribution in [2.45, 2.75) is 31.7 Å². The van der Waals surface area contributed by atoms with Crippen LogP contribution in [-0.2, 0) is 17.1 Å². The Balaban J connectivity index is 1.44. The van der Waals surface area contributed by atoms with Gasteiger partial charge in [-0.25, -0.2) is 18.1 Å². The minimum absolute atomic E-state index is 0.112. The van der Waals surface area contributed by atoms with Gasteiger partial charge in [-0.05, 0) is 25.1 Å². The van der Waals surface area contributed by atoms with Crippen LogP contribution >= 0.6 is 0 Å². The Hall–Kier alpha value is -2.79. The van der Waals surface area contributed by atoms with E-state index in [2.05, 4.69) is 20.3 Å². The molecule has 0 atom stereocenters. The molecule has 30 heavy (non-hydrogen) atoms. The van der Waals surface area contributed by atoms with Crippen molar-refractivity contribution in [3.05, 3.63) is 42.1 Å². The van der Waals surface area contributed by atoms with Crippen molar-refractivity contribution in [2.75, 3.05) is 31.1 Å². The molecule has 1 aliphatic rings. The zero-order chi connectivity index (χ0) is 21.5. The fraction of sp³-hybridized carbons (Fsp3) is 0.474. The van der Waals surface area contributed by atoms with E-state index in [1.165, 1.54) is 4.31 Å². The van der Waals surface area contributed by atoms with E-state index in [0.29, 0.717) is 32.0 Å². The van der Waals surface area contributed by atoms with Gasteiger partial charge < -0.3 is 9.47 Å². The van der Waals surface area contributed by atoms with Gasteiger partial charge in [0.25, 0.3) is 10.0 Å². The van der Waals surface area contributed by atoms with E-state index >= 15 is 0 Å².